The van der Waals surface area contributed by atoms with Gasteiger partial charge >= 0.3 is 29.6 Å². The number of pyridine rings is 1. The molecule has 268 valence electrons. The van der Waals surface area contributed by atoms with Crippen LogP contribution in [0.25, 0.3) is 38.9 Å². The molecule has 3 atom stereocenters. The van der Waals surface area contributed by atoms with Crippen LogP contribution < -0.4 is 39.4 Å². The van der Waals surface area contributed by atoms with E-state index < -0.39 is 6.09 Å². The topological polar surface area (TPSA) is 95.1 Å². The fourth-order valence-electron chi connectivity index (χ4n) is 9.78. The van der Waals surface area contributed by atoms with Gasteiger partial charge in [-0.25, -0.2) is 4.52 Å². The molecule has 0 spiro atoms. The predicted molar refractivity (Wildman–Crippen MR) is 205 cm³/mol. The minimum atomic E-state index is -1.18. The number of nitrogens with zero attached hydrogens (tertiary/aromatic N) is 5. The maximum atomic E-state index is 14.5. The summed E-state index contributed by atoms with van der Waals surface area (Å²) in [6.07, 6.45) is 4.71. The monoisotopic (exact) mass is 791 g/mol. The van der Waals surface area contributed by atoms with Gasteiger partial charge in [0.05, 0.1) is 30.5 Å². The number of hydrogen-bond donors (Lipinski definition) is 0. The zero-order valence-electron chi connectivity index (χ0n) is 30.7. The summed E-state index contributed by atoms with van der Waals surface area (Å²) >= 11 is 3.67. The van der Waals surface area contributed by atoms with Gasteiger partial charge in [0.15, 0.2) is 0 Å². The van der Waals surface area contributed by atoms with Crippen LogP contribution in [0.5, 0.6) is 5.75 Å². The molecule has 10 rings (SSSR count). The molecule has 4 aliphatic rings. The van der Waals surface area contributed by atoms with E-state index in [1.807, 2.05) is 41.4 Å². The number of piperidine rings is 1. The average Bonchev–Trinajstić information content (AvgIpc) is 3.39. The van der Waals surface area contributed by atoms with Gasteiger partial charge in [-0.3, -0.25) is 4.79 Å². The molecule has 2 saturated carbocycles. The van der Waals surface area contributed by atoms with Crippen LogP contribution in [-0.4, -0.2) is 68.3 Å². The van der Waals surface area contributed by atoms with Crippen molar-refractivity contribution in [2.24, 2.45) is 11.8 Å². The Labute approximate surface area is 344 Å². The Morgan fingerprint density at radius 3 is 2.37 bits per heavy atom. The number of aromatic nitrogens is 3. The average molecular weight is 793 g/mol. The van der Waals surface area contributed by atoms with Crippen LogP contribution in [0.3, 0.4) is 0 Å². The van der Waals surface area contributed by atoms with E-state index in [1.54, 1.807) is 11.6 Å². The van der Waals surface area contributed by atoms with Crippen LogP contribution in [-0.2, 0) is 6.54 Å². The van der Waals surface area contributed by atoms with E-state index in [4.69, 9.17) is 9.84 Å². The van der Waals surface area contributed by atoms with Crippen molar-refractivity contribution in [2.75, 3.05) is 20.2 Å². The summed E-state index contributed by atoms with van der Waals surface area (Å²) in [7, 11) is 1.63. The number of amides is 2. The molecule has 3 aliphatic carbocycles. The quantitative estimate of drug-likeness (QED) is 0.212. The van der Waals surface area contributed by atoms with E-state index in [2.05, 4.69) is 76.0 Å². The van der Waals surface area contributed by atoms with Crippen LogP contribution >= 0.6 is 15.9 Å². The SMILES string of the molecule is COc1cc(C(=O)N2CC3CCC2[C@@H]3N(CC2c3ccccc3-c3ccccc32)C(=O)[O-])cn2nc(-c3cc4ccc(Br)cc4n3CC3CC3)c(C)c12.[Na+]. The second-order valence-corrected chi connectivity index (χ2v) is 16.3. The summed E-state index contributed by atoms with van der Waals surface area (Å²) in [5.74, 6) is 1.04. The standard InChI is InChI=1S/C43H40BrN5O4.Na/c1-24-39(37-17-26-13-15-29(44)19-36(26)46(37)20-25-11-12-25)45-49-22-28(18-38(53-2)40(24)49)42(50)47-21-27-14-16-35(47)41(27)48(43(51)52)23-34-32-9-5-3-7-30(32)31-8-4-6-10-33(31)34;/h3-10,13,15,17-19,22,25,27,34-35,41H,11-12,14,16,20-21,23H2,1-2H3,(H,51,52);/q;+1/p-1/t27?,35?,41-;/m1./s1. The number of likely N-dealkylation sites (tertiary alicyclic amines) is 1. The van der Waals surface area contributed by atoms with Gasteiger partial charge in [-0.15, -0.1) is 0 Å². The van der Waals surface area contributed by atoms with E-state index in [-0.39, 0.29) is 59.4 Å². The van der Waals surface area contributed by atoms with Crippen LogP contribution in [0.2, 0.25) is 0 Å². The minimum Gasteiger partial charge on any atom is -0.530 e. The van der Waals surface area contributed by atoms with Gasteiger partial charge in [-0.05, 0) is 91.0 Å². The van der Waals surface area contributed by atoms with Crippen molar-refractivity contribution in [3.05, 3.63) is 112 Å². The fraction of sp³-hybridized carbons (Fsp3) is 0.326. The largest absolute Gasteiger partial charge is 1.00 e. The number of aryl methyl sites for hydroxylation is 1. The van der Waals surface area contributed by atoms with E-state index >= 15 is 0 Å². The number of carbonyl (C=O) groups is 2. The first-order valence-electron chi connectivity index (χ1n) is 18.6. The van der Waals surface area contributed by atoms with E-state index in [0.29, 0.717) is 30.3 Å². The molecular weight excluding hydrogens is 753 g/mol. The summed E-state index contributed by atoms with van der Waals surface area (Å²) < 4.78 is 11.2. The number of ether oxygens (including phenoxy) is 1. The summed E-state index contributed by atoms with van der Waals surface area (Å²) in [5, 5.41) is 19.3. The molecule has 0 N–H and O–H groups in total. The fourth-order valence-corrected chi connectivity index (χ4v) is 10.1. The number of carbonyl (C=O) groups excluding carboxylic acids is 2. The Bertz CT molecular complexity index is 2440. The van der Waals surface area contributed by atoms with Crippen molar-refractivity contribution in [1.82, 2.24) is 24.0 Å². The molecule has 2 amide bonds. The number of carboxylic acid groups (broad SMARTS) is 1. The molecule has 3 fully saturated rings. The third-order valence-electron chi connectivity index (χ3n) is 12.4. The van der Waals surface area contributed by atoms with Gasteiger partial charge in [0.25, 0.3) is 5.91 Å². The Kier molecular flexibility index (Phi) is 8.96. The van der Waals surface area contributed by atoms with E-state index in [9.17, 15) is 14.7 Å². The molecule has 2 bridgehead atoms. The number of fused-ring (bicyclic) bond motifs is 7. The number of hydrogen-bond acceptors (Lipinski definition) is 5. The van der Waals surface area contributed by atoms with Crippen LogP contribution in [0.1, 0.15) is 58.6 Å². The van der Waals surface area contributed by atoms with Crippen LogP contribution in [0.15, 0.2) is 89.5 Å². The van der Waals surface area contributed by atoms with Gasteiger partial charge < -0.3 is 29.0 Å². The third kappa shape index (κ3) is 5.62. The Hall–Kier alpha value is -4.09. The second kappa shape index (κ2) is 13.6. The van der Waals surface area contributed by atoms with Crippen molar-refractivity contribution < 1.29 is 49.0 Å². The first-order valence-corrected chi connectivity index (χ1v) is 19.4. The van der Waals surface area contributed by atoms with Crippen molar-refractivity contribution >= 4 is 44.3 Å². The molecule has 2 unspecified atom stereocenters. The molecular formula is C43H39BrN5NaO4. The van der Waals surface area contributed by atoms with Crippen LogP contribution in [0.4, 0.5) is 4.79 Å². The summed E-state index contributed by atoms with van der Waals surface area (Å²) in [5.41, 5.74) is 9.93. The van der Waals surface area contributed by atoms with E-state index in [0.717, 1.165) is 74.0 Å². The van der Waals surface area contributed by atoms with Gasteiger partial charge in [0.2, 0.25) is 0 Å². The molecule has 54 heavy (non-hydrogen) atoms. The van der Waals surface area contributed by atoms with Crippen molar-refractivity contribution in [3.8, 4) is 28.3 Å². The molecule has 1 aliphatic heterocycles. The van der Waals surface area contributed by atoms with Crippen LogP contribution in [0, 0.1) is 18.8 Å². The first-order chi connectivity index (χ1) is 25.8. The zero-order chi connectivity index (χ0) is 36.1. The molecule has 6 aromatic rings. The number of benzene rings is 3. The number of methoxy groups -OCH3 is 1. The summed E-state index contributed by atoms with van der Waals surface area (Å²) in [4.78, 5) is 30.9. The summed E-state index contributed by atoms with van der Waals surface area (Å²) in [6, 6.07) is 26.3. The molecule has 3 aromatic carbocycles. The molecule has 4 heterocycles. The smallest absolute Gasteiger partial charge is 0.530 e. The van der Waals surface area contributed by atoms with E-state index in [1.165, 1.54) is 23.3 Å². The Morgan fingerprint density at radius 2 is 1.69 bits per heavy atom. The van der Waals surface area contributed by atoms with Gasteiger partial charge in [-0.2, -0.15) is 5.10 Å². The minimum absolute atomic E-state index is 0. The maximum absolute atomic E-state index is 14.5. The van der Waals surface area contributed by atoms with Crippen molar-refractivity contribution in [3.63, 3.8) is 0 Å². The number of halogens is 1. The van der Waals surface area contributed by atoms with Crippen molar-refractivity contribution in [1.29, 1.82) is 0 Å². The normalized spacial score (nSPS) is 20.0. The predicted octanol–water partition coefficient (Wildman–Crippen LogP) is 4.51. The molecule has 0 radical (unpaired) electrons. The third-order valence-corrected chi connectivity index (χ3v) is 12.9. The molecule has 9 nitrogen and oxygen atoms in total. The second-order valence-electron chi connectivity index (χ2n) is 15.3. The Balaban J connectivity index is 0.00000384. The number of rotatable bonds is 8. The maximum Gasteiger partial charge on any atom is 1.00 e. The Morgan fingerprint density at radius 1 is 0.963 bits per heavy atom. The molecule has 1 saturated heterocycles. The summed E-state index contributed by atoms with van der Waals surface area (Å²) in [6.45, 7) is 3.79. The molecule has 3 aromatic heterocycles. The van der Waals surface area contributed by atoms with Gasteiger partial charge in [0, 0.05) is 52.7 Å². The molecule has 11 heteroatoms. The zero-order valence-corrected chi connectivity index (χ0v) is 34.3. The van der Waals surface area contributed by atoms with Gasteiger partial charge in [-0.1, -0.05) is 70.5 Å². The first kappa shape index (κ1) is 35.6. The van der Waals surface area contributed by atoms with Crippen molar-refractivity contribution in [2.45, 2.75) is 57.2 Å². The van der Waals surface area contributed by atoms with Gasteiger partial charge in [0.1, 0.15) is 23.1 Å².